The third-order valence-electron chi connectivity index (χ3n) is 3.39. The Labute approximate surface area is 150 Å². The molecule has 0 bridgehead atoms. The zero-order valence-corrected chi connectivity index (χ0v) is 14.5. The molecular formula is C17H17ClN4O3. The number of nitrogens with one attached hydrogen (secondary N) is 2. The number of methoxy groups -OCH3 is 2. The number of hydrogen-bond donors (Lipinski definition) is 2. The minimum absolute atomic E-state index is 0. The first-order chi connectivity index (χ1) is 11.7. The van der Waals surface area contributed by atoms with Crippen LogP contribution in [0.5, 0.6) is 11.5 Å². The molecule has 0 aliphatic carbocycles. The van der Waals surface area contributed by atoms with Crippen molar-refractivity contribution in [1.29, 1.82) is 0 Å². The summed E-state index contributed by atoms with van der Waals surface area (Å²) in [4.78, 5) is 19.0. The number of benzene rings is 2. The van der Waals surface area contributed by atoms with Gasteiger partial charge in [0.25, 0.3) is 5.56 Å². The van der Waals surface area contributed by atoms with Crippen LogP contribution < -0.4 is 20.5 Å². The van der Waals surface area contributed by atoms with Gasteiger partial charge in [0, 0.05) is 0 Å². The fourth-order valence-corrected chi connectivity index (χ4v) is 2.21. The number of fused-ring (bicyclic) bond motifs is 1. The van der Waals surface area contributed by atoms with E-state index in [0.717, 1.165) is 5.56 Å². The molecule has 1 heterocycles. The number of hydrogen-bond acceptors (Lipinski definition) is 6. The molecule has 2 N–H and O–H groups in total. The standard InChI is InChI=1S/C17H16N4O3.ClH/c1-23-14-8-7-11(9-15(14)24-2)10-18-21-16-17(22)20-13-6-4-3-5-12(13)19-16;/h3-10H,1-2H3,(H,19,21)(H,20,22);1H/b18-10+;. The fourth-order valence-electron chi connectivity index (χ4n) is 2.21. The fraction of sp³-hybridized carbons (Fsp3) is 0.118. The second-order valence-electron chi connectivity index (χ2n) is 4.92. The monoisotopic (exact) mass is 360 g/mol. The maximum absolute atomic E-state index is 12.0. The topological polar surface area (TPSA) is 88.6 Å². The molecule has 0 fully saturated rings. The van der Waals surface area contributed by atoms with Crippen LogP contribution in [0.1, 0.15) is 5.56 Å². The predicted octanol–water partition coefficient (Wildman–Crippen LogP) is 2.81. The van der Waals surface area contributed by atoms with Crippen LogP contribution in [-0.2, 0) is 0 Å². The summed E-state index contributed by atoms with van der Waals surface area (Å²) in [7, 11) is 3.14. The number of nitrogens with zero attached hydrogens (tertiary/aromatic N) is 2. The molecule has 0 aliphatic heterocycles. The summed E-state index contributed by atoms with van der Waals surface area (Å²) in [5.41, 5.74) is 4.48. The molecule has 0 unspecified atom stereocenters. The molecule has 7 nitrogen and oxygen atoms in total. The lowest BCUT2D eigenvalue weighted by molar-refractivity contribution is 0.355. The van der Waals surface area contributed by atoms with E-state index in [-0.39, 0.29) is 23.8 Å². The minimum atomic E-state index is -0.335. The van der Waals surface area contributed by atoms with Crippen LogP contribution in [0.2, 0.25) is 0 Å². The smallest absolute Gasteiger partial charge is 0.293 e. The van der Waals surface area contributed by atoms with Crippen molar-refractivity contribution in [3.05, 3.63) is 58.4 Å². The van der Waals surface area contributed by atoms with Crippen LogP contribution in [0.25, 0.3) is 11.0 Å². The van der Waals surface area contributed by atoms with Gasteiger partial charge in [-0.2, -0.15) is 5.10 Å². The lowest BCUT2D eigenvalue weighted by atomic mass is 10.2. The highest BCUT2D eigenvalue weighted by molar-refractivity contribution is 5.85. The van der Waals surface area contributed by atoms with Gasteiger partial charge in [-0.25, -0.2) is 4.98 Å². The molecule has 0 amide bonds. The Balaban J connectivity index is 0.00000225. The number of hydrazone groups is 1. The first-order valence-corrected chi connectivity index (χ1v) is 7.21. The lowest BCUT2D eigenvalue weighted by Gasteiger charge is -2.07. The van der Waals surface area contributed by atoms with Crippen molar-refractivity contribution in [2.45, 2.75) is 0 Å². The van der Waals surface area contributed by atoms with E-state index in [4.69, 9.17) is 9.47 Å². The van der Waals surface area contributed by atoms with E-state index in [1.807, 2.05) is 24.3 Å². The molecular weight excluding hydrogens is 344 g/mol. The predicted molar refractivity (Wildman–Crippen MR) is 100 cm³/mol. The summed E-state index contributed by atoms with van der Waals surface area (Å²) in [5.74, 6) is 1.36. The second-order valence-corrected chi connectivity index (χ2v) is 4.92. The van der Waals surface area contributed by atoms with E-state index in [9.17, 15) is 4.79 Å². The molecule has 3 rings (SSSR count). The summed E-state index contributed by atoms with van der Waals surface area (Å²) in [6.07, 6.45) is 1.57. The number of para-hydroxylation sites is 2. The highest BCUT2D eigenvalue weighted by Gasteiger charge is 2.04. The summed E-state index contributed by atoms with van der Waals surface area (Å²) >= 11 is 0. The molecule has 1 aromatic heterocycles. The van der Waals surface area contributed by atoms with Gasteiger partial charge in [-0.05, 0) is 35.9 Å². The van der Waals surface area contributed by atoms with E-state index in [1.54, 1.807) is 38.6 Å². The Hall–Kier alpha value is -3.06. The molecule has 130 valence electrons. The van der Waals surface area contributed by atoms with E-state index in [1.165, 1.54) is 0 Å². The van der Waals surface area contributed by atoms with Crippen LogP contribution in [0.4, 0.5) is 5.82 Å². The van der Waals surface area contributed by atoms with Gasteiger partial charge in [-0.1, -0.05) is 12.1 Å². The van der Waals surface area contributed by atoms with Crippen molar-refractivity contribution in [2.75, 3.05) is 19.6 Å². The molecule has 0 saturated heterocycles. The van der Waals surface area contributed by atoms with Gasteiger partial charge in [-0.15, -0.1) is 12.4 Å². The number of aromatic nitrogens is 2. The van der Waals surface area contributed by atoms with Crippen molar-refractivity contribution in [1.82, 2.24) is 9.97 Å². The van der Waals surface area contributed by atoms with Gasteiger partial charge in [0.05, 0.1) is 31.5 Å². The molecule has 3 aromatic rings. The second kappa shape index (κ2) is 8.16. The van der Waals surface area contributed by atoms with Crippen LogP contribution in [0.3, 0.4) is 0 Å². The summed E-state index contributed by atoms with van der Waals surface area (Å²) in [5, 5.41) is 4.06. The van der Waals surface area contributed by atoms with Gasteiger partial charge in [0.1, 0.15) is 0 Å². The van der Waals surface area contributed by atoms with Crippen LogP contribution in [0, 0.1) is 0 Å². The number of anilines is 1. The molecule has 25 heavy (non-hydrogen) atoms. The van der Waals surface area contributed by atoms with Crippen LogP contribution in [0.15, 0.2) is 52.4 Å². The Bertz CT molecular complexity index is 956. The molecule has 2 aromatic carbocycles. The summed E-state index contributed by atoms with van der Waals surface area (Å²) in [6.45, 7) is 0. The van der Waals surface area contributed by atoms with Gasteiger partial charge in [0.2, 0.25) is 5.82 Å². The number of aromatic amines is 1. The summed E-state index contributed by atoms with van der Waals surface area (Å²) < 4.78 is 10.4. The lowest BCUT2D eigenvalue weighted by Crippen LogP contribution is -2.13. The third kappa shape index (κ3) is 4.07. The van der Waals surface area contributed by atoms with Crippen molar-refractivity contribution in [3.63, 3.8) is 0 Å². The maximum atomic E-state index is 12.0. The number of H-pyrrole nitrogens is 1. The number of halogens is 1. The number of ether oxygens (including phenoxy) is 2. The van der Waals surface area contributed by atoms with E-state index in [2.05, 4.69) is 20.5 Å². The Morgan fingerprint density at radius 3 is 2.64 bits per heavy atom. The quantitative estimate of drug-likeness (QED) is 0.539. The SMILES string of the molecule is COc1ccc(/C=N/Nc2nc3ccccc3[nH]c2=O)cc1OC.Cl. The zero-order chi connectivity index (χ0) is 16.9. The molecule has 0 atom stereocenters. The average molecular weight is 361 g/mol. The van der Waals surface area contributed by atoms with Gasteiger partial charge in [-0.3, -0.25) is 10.2 Å². The van der Waals surface area contributed by atoms with Gasteiger partial charge < -0.3 is 14.5 Å². The minimum Gasteiger partial charge on any atom is -0.493 e. The van der Waals surface area contributed by atoms with Crippen LogP contribution >= 0.6 is 12.4 Å². The average Bonchev–Trinajstić information content (AvgIpc) is 2.62. The first-order valence-electron chi connectivity index (χ1n) is 7.21. The van der Waals surface area contributed by atoms with Crippen molar-refractivity contribution >= 4 is 35.5 Å². The molecule has 0 saturated carbocycles. The zero-order valence-electron chi connectivity index (χ0n) is 13.6. The Morgan fingerprint density at radius 1 is 1.12 bits per heavy atom. The number of rotatable bonds is 5. The van der Waals surface area contributed by atoms with Gasteiger partial charge in [0.15, 0.2) is 11.5 Å². The first kappa shape index (κ1) is 18.3. The van der Waals surface area contributed by atoms with E-state index >= 15 is 0 Å². The van der Waals surface area contributed by atoms with Crippen molar-refractivity contribution in [3.8, 4) is 11.5 Å². The molecule has 0 spiro atoms. The largest absolute Gasteiger partial charge is 0.493 e. The Morgan fingerprint density at radius 2 is 1.88 bits per heavy atom. The highest BCUT2D eigenvalue weighted by Crippen LogP contribution is 2.26. The van der Waals surface area contributed by atoms with Crippen LogP contribution in [-0.4, -0.2) is 30.4 Å². The van der Waals surface area contributed by atoms with Crippen molar-refractivity contribution < 1.29 is 9.47 Å². The molecule has 0 radical (unpaired) electrons. The molecule has 0 aliphatic rings. The highest BCUT2D eigenvalue weighted by atomic mass is 35.5. The van der Waals surface area contributed by atoms with E-state index in [0.29, 0.717) is 22.5 Å². The van der Waals surface area contributed by atoms with Gasteiger partial charge >= 0.3 is 0 Å². The summed E-state index contributed by atoms with van der Waals surface area (Å²) in [6, 6.07) is 12.7. The third-order valence-corrected chi connectivity index (χ3v) is 3.39. The van der Waals surface area contributed by atoms with E-state index < -0.39 is 0 Å². The molecule has 8 heteroatoms. The normalized spacial score (nSPS) is 10.5. The maximum Gasteiger partial charge on any atom is 0.293 e. The Kier molecular flexibility index (Phi) is 5.97. The van der Waals surface area contributed by atoms with Crippen molar-refractivity contribution in [2.24, 2.45) is 5.10 Å².